The van der Waals surface area contributed by atoms with E-state index in [-0.39, 0.29) is 17.3 Å². The van der Waals surface area contributed by atoms with Gasteiger partial charge in [-0.2, -0.15) is 0 Å². The molecule has 1 atom stereocenters. The van der Waals surface area contributed by atoms with Crippen LogP contribution in [0.4, 0.5) is 0 Å². The zero-order valence-corrected chi connectivity index (χ0v) is 16.3. The molecule has 0 aliphatic carbocycles. The predicted octanol–water partition coefficient (Wildman–Crippen LogP) is 3.42. The monoisotopic (exact) mass is 376 g/mol. The summed E-state index contributed by atoms with van der Waals surface area (Å²) in [6.07, 6.45) is 0. The fourth-order valence-corrected chi connectivity index (χ4v) is 2.82. The van der Waals surface area contributed by atoms with Crippen molar-refractivity contribution in [1.29, 1.82) is 0 Å². The van der Waals surface area contributed by atoms with Crippen LogP contribution in [-0.4, -0.2) is 46.4 Å². The van der Waals surface area contributed by atoms with E-state index in [0.29, 0.717) is 34.1 Å². The molecule has 0 fully saturated rings. The molecule has 2 aromatic rings. The summed E-state index contributed by atoms with van der Waals surface area (Å²) in [5.41, 5.74) is 0.753. The number of phenols is 1. The lowest BCUT2D eigenvalue weighted by Crippen LogP contribution is -2.11. The second-order valence-electron chi connectivity index (χ2n) is 5.77. The maximum absolute atomic E-state index is 13.1. The summed E-state index contributed by atoms with van der Waals surface area (Å²) in [6, 6.07) is 6.32. The fraction of sp³-hybridized carbons (Fsp3) is 0.350. The van der Waals surface area contributed by atoms with Crippen molar-refractivity contribution in [2.24, 2.45) is 0 Å². The molecule has 1 unspecified atom stereocenters. The van der Waals surface area contributed by atoms with Gasteiger partial charge in [-0.25, -0.2) is 0 Å². The maximum atomic E-state index is 13.1. The standard InChI is InChI=1S/C20H24O7/c1-11(14-9-13(23-2)10-15(24-3)19(14)22)18(21)12-7-16(25-4)20(27-6)17(8-12)26-5/h7-11,22H,1-6H3. The summed E-state index contributed by atoms with van der Waals surface area (Å²) < 4.78 is 26.3. The summed E-state index contributed by atoms with van der Waals surface area (Å²) in [5, 5.41) is 10.5. The molecule has 7 nitrogen and oxygen atoms in total. The average Bonchev–Trinajstić information content (AvgIpc) is 2.71. The molecule has 0 aliphatic heterocycles. The first-order valence-electron chi connectivity index (χ1n) is 8.20. The summed E-state index contributed by atoms with van der Waals surface area (Å²) >= 11 is 0. The Hall–Kier alpha value is -3.09. The molecular weight excluding hydrogens is 352 g/mol. The van der Waals surface area contributed by atoms with E-state index >= 15 is 0 Å². The molecule has 2 aromatic carbocycles. The van der Waals surface area contributed by atoms with Crippen molar-refractivity contribution in [3.05, 3.63) is 35.4 Å². The van der Waals surface area contributed by atoms with Crippen molar-refractivity contribution in [2.45, 2.75) is 12.8 Å². The second kappa shape index (κ2) is 8.53. The Morgan fingerprint density at radius 2 is 1.37 bits per heavy atom. The Morgan fingerprint density at radius 3 is 1.81 bits per heavy atom. The number of Topliss-reactive ketones (excluding diaryl/α,β-unsaturated/α-hetero) is 1. The van der Waals surface area contributed by atoms with Crippen LogP contribution in [0, 0.1) is 0 Å². The number of ketones is 1. The van der Waals surface area contributed by atoms with Crippen molar-refractivity contribution in [3.8, 4) is 34.5 Å². The lowest BCUT2D eigenvalue weighted by atomic mass is 9.91. The van der Waals surface area contributed by atoms with Crippen molar-refractivity contribution in [2.75, 3.05) is 35.5 Å². The topological polar surface area (TPSA) is 83.5 Å². The Labute approximate surface area is 158 Å². The van der Waals surface area contributed by atoms with E-state index in [1.54, 1.807) is 31.2 Å². The van der Waals surface area contributed by atoms with Gasteiger partial charge in [-0.05, 0) is 18.2 Å². The van der Waals surface area contributed by atoms with Crippen LogP contribution in [0.1, 0.15) is 28.8 Å². The van der Waals surface area contributed by atoms with Gasteiger partial charge in [-0.3, -0.25) is 4.79 Å². The normalized spacial score (nSPS) is 11.5. The van der Waals surface area contributed by atoms with Gasteiger partial charge in [0.25, 0.3) is 0 Å². The number of carbonyl (C=O) groups excluding carboxylic acids is 1. The molecule has 0 aliphatic rings. The van der Waals surface area contributed by atoms with Crippen LogP contribution in [0.15, 0.2) is 24.3 Å². The number of rotatable bonds is 8. The molecule has 0 saturated heterocycles. The van der Waals surface area contributed by atoms with E-state index in [4.69, 9.17) is 23.7 Å². The number of phenolic OH excluding ortho intramolecular Hbond substituents is 1. The number of hydrogen-bond acceptors (Lipinski definition) is 7. The molecular formula is C20H24O7. The SMILES string of the molecule is COc1cc(OC)c(O)c(C(C)C(=O)c2cc(OC)c(OC)c(OC)c2)c1. The van der Waals surface area contributed by atoms with Crippen molar-refractivity contribution < 1.29 is 33.6 Å². The highest BCUT2D eigenvalue weighted by molar-refractivity contribution is 6.02. The van der Waals surface area contributed by atoms with Crippen LogP contribution >= 0.6 is 0 Å². The van der Waals surface area contributed by atoms with Crippen LogP contribution in [0.3, 0.4) is 0 Å². The van der Waals surface area contributed by atoms with Crippen LogP contribution in [-0.2, 0) is 0 Å². The van der Waals surface area contributed by atoms with Crippen molar-refractivity contribution >= 4 is 5.78 Å². The zero-order valence-electron chi connectivity index (χ0n) is 16.3. The van der Waals surface area contributed by atoms with Gasteiger partial charge in [0.1, 0.15) is 5.75 Å². The molecule has 0 radical (unpaired) electrons. The van der Waals surface area contributed by atoms with E-state index in [0.717, 1.165) is 0 Å². The van der Waals surface area contributed by atoms with E-state index in [2.05, 4.69) is 0 Å². The quantitative estimate of drug-likeness (QED) is 0.707. The second-order valence-corrected chi connectivity index (χ2v) is 5.77. The van der Waals surface area contributed by atoms with Crippen LogP contribution in [0.25, 0.3) is 0 Å². The number of carbonyl (C=O) groups is 1. The molecule has 1 N–H and O–H groups in total. The molecule has 0 spiro atoms. The highest BCUT2D eigenvalue weighted by atomic mass is 16.5. The van der Waals surface area contributed by atoms with E-state index in [9.17, 15) is 9.90 Å². The van der Waals surface area contributed by atoms with Gasteiger partial charge < -0.3 is 28.8 Å². The first-order valence-corrected chi connectivity index (χ1v) is 8.20. The Balaban J connectivity index is 2.52. The molecule has 0 amide bonds. The molecule has 0 bridgehead atoms. The van der Waals surface area contributed by atoms with Crippen molar-refractivity contribution in [1.82, 2.24) is 0 Å². The highest BCUT2D eigenvalue weighted by Gasteiger charge is 2.25. The zero-order chi connectivity index (χ0) is 20.1. The van der Waals surface area contributed by atoms with Gasteiger partial charge in [-0.15, -0.1) is 0 Å². The first-order chi connectivity index (χ1) is 12.9. The lowest BCUT2D eigenvalue weighted by molar-refractivity contribution is 0.0963. The summed E-state index contributed by atoms with van der Waals surface area (Å²) in [5.74, 6) is 0.844. The summed E-state index contributed by atoms with van der Waals surface area (Å²) in [6.45, 7) is 1.69. The highest BCUT2D eigenvalue weighted by Crippen LogP contribution is 2.42. The third-order valence-electron chi connectivity index (χ3n) is 4.34. The van der Waals surface area contributed by atoms with Gasteiger partial charge in [0, 0.05) is 23.1 Å². The molecule has 0 aromatic heterocycles. The van der Waals surface area contributed by atoms with Crippen molar-refractivity contribution in [3.63, 3.8) is 0 Å². The van der Waals surface area contributed by atoms with Gasteiger partial charge in [0.15, 0.2) is 28.8 Å². The minimum absolute atomic E-state index is 0.105. The lowest BCUT2D eigenvalue weighted by Gasteiger charge is -2.18. The maximum Gasteiger partial charge on any atom is 0.203 e. The largest absolute Gasteiger partial charge is 0.504 e. The van der Waals surface area contributed by atoms with Crippen LogP contribution in [0.2, 0.25) is 0 Å². The Kier molecular flexibility index (Phi) is 6.39. The number of benzene rings is 2. The molecule has 27 heavy (non-hydrogen) atoms. The van der Waals surface area contributed by atoms with Gasteiger partial charge in [0.2, 0.25) is 5.75 Å². The molecule has 7 heteroatoms. The van der Waals surface area contributed by atoms with Gasteiger partial charge in [0.05, 0.1) is 35.5 Å². The number of methoxy groups -OCH3 is 5. The first kappa shape index (κ1) is 20.2. The smallest absolute Gasteiger partial charge is 0.203 e. The number of aromatic hydroxyl groups is 1. The van der Waals surface area contributed by atoms with Crippen LogP contribution < -0.4 is 23.7 Å². The predicted molar refractivity (Wildman–Crippen MR) is 100 cm³/mol. The third-order valence-corrected chi connectivity index (χ3v) is 4.34. The minimum atomic E-state index is -0.670. The Bertz CT molecular complexity index is 804. The molecule has 146 valence electrons. The van der Waals surface area contributed by atoms with E-state index in [1.807, 2.05) is 0 Å². The third kappa shape index (κ3) is 3.86. The van der Waals surface area contributed by atoms with Gasteiger partial charge >= 0.3 is 0 Å². The van der Waals surface area contributed by atoms with E-state index in [1.165, 1.54) is 35.5 Å². The Morgan fingerprint density at radius 1 is 0.815 bits per heavy atom. The van der Waals surface area contributed by atoms with Gasteiger partial charge in [-0.1, -0.05) is 6.92 Å². The summed E-state index contributed by atoms with van der Waals surface area (Å²) in [7, 11) is 7.39. The fourth-order valence-electron chi connectivity index (χ4n) is 2.82. The summed E-state index contributed by atoms with van der Waals surface area (Å²) in [4.78, 5) is 13.1. The molecule has 0 saturated carbocycles. The number of hydrogen-bond donors (Lipinski definition) is 1. The van der Waals surface area contributed by atoms with Crippen LogP contribution in [0.5, 0.6) is 34.5 Å². The average molecular weight is 376 g/mol. The molecule has 2 rings (SSSR count). The van der Waals surface area contributed by atoms with E-state index < -0.39 is 5.92 Å². The minimum Gasteiger partial charge on any atom is -0.504 e. The molecule has 0 heterocycles. The number of ether oxygens (including phenoxy) is 5.